The molecule has 1 atom stereocenters. The molecule has 0 saturated heterocycles. The maximum absolute atomic E-state index is 12.0. The lowest BCUT2D eigenvalue weighted by molar-refractivity contribution is -0.141. The molecule has 1 rings (SSSR count). The third-order valence-electron chi connectivity index (χ3n) is 4.09. The van der Waals surface area contributed by atoms with Crippen molar-refractivity contribution in [1.82, 2.24) is 0 Å². The van der Waals surface area contributed by atoms with E-state index in [4.69, 9.17) is 0 Å². The number of hydrogen-bond donors (Lipinski definition) is 0. The predicted molar refractivity (Wildman–Crippen MR) is 100 cm³/mol. The maximum atomic E-state index is 12.0. The summed E-state index contributed by atoms with van der Waals surface area (Å²) in [4.78, 5) is 34.0. The van der Waals surface area contributed by atoms with Gasteiger partial charge in [0.2, 0.25) is 0 Å². The second-order valence-corrected chi connectivity index (χ2v) is 6.02. The van der Waals surface area contributed by atoms with Crippen molar-refractivity contribution in [2.24, 2.45) is 5.92 Å². The summed E-state index contributed by atoms with van der Waals surface area (Å²) in [5, 5.41) is 0. The van der Waals surface area contributed by atoms with Crippen molar-refractivity contribution in [3.05, 3.63) is 48.1 Å². The van der Waals surface area contributed by atoms with Crippen LogP contribution >= 0.6 is 0 Å². The van der Waals surface area contributed by atoms with Crippen molar-refractivity contribution in [1.29, 1.82) is 0 Å². The van der Waals surface area contributed by atoms with E-state index >= 15 is 0 Å². The molecule has 5 nitrogen and oxygen atoms in total. The van der Waals surface area contributed by atoms with E-state index in [0.29, 0.717) is 12.8 Å². The Morgan fingerprint density at radius 2 is 1.62 bits per heavy atom. The zero-order valence-corrected chi connectivity index (χ0v) is 15.6. The fraction of sp³-hybridized carbons (Fsp3) is 0.476. The molecular weight excluding hydrogens is 332 g/mol. The molecular formula is C21H28O5. The van der Waals surface area contributed by atoms with Crippen molar-refractivity contribution in [2.75, 3.05) is 14.2 Å². The van der Waals surface area contributed by atoms with E-state index in [1.807, 2.05) is 30.4 Å². The Morgan fingerprint density at radius 3 is 2.23 bits per heavy atom. The van der Waals surface area contributed by atoms with Crippen LogP contribution in [0.25, 0.3) is 0 Å². The lowest BCUT2D eigenvalue weighted by Crippen LogP contribution is -2.01. The molecule has 0 unspecified atom stereocenters. The summed E-state index contributed by atoms with van der Waals surface area (Å²) in [6.07, 6.45) is 18.0. The van der Waals surface area contributed by atoms with Crippen molar-refractivity contribution < 1.29 is 23.9 Å². The van der Waals surface area contributed by atoms with Gasteiger partial charge in [0.25, 0.3) is 0 Å². The molecule has 0 heterocycles. The molecule has 5 heteroatoms. The number of rotatable bonds is 11. The summed E-state index contributed by atoms with van der Waals surface area (Å²) in [6, 6.07) is 0. The number of hydrogen-bond acceptors (Lipinski definition) is 5. The quantitative estimate of drug-likeness (QED) is 0.242. The Bertz CT molecular complexity index is 596. The summed E-state index contributed by atoms with van der Waals surface area (Å²) >= 11 is 0. The fourth-order valence-corrected chi connectivity index (χ4v) is 2.56. The van der Waals surface area contributed by atoms with E-state index in [1.165, 1.54) is 14.2 Å². The minimum absolute atomic E-state index is 0.0494. The van der Waals surface area contributed by atoms with Gasteiger partial charge >= 0.3 is 11.9 Å². The van der Waals surface area contributed by atoms with Gasteiger partial charge in [0.15, 0.2) is 5.78 Å². The summed E-state index contributed by atoms with van der Waals surface area (Å²) in [5.41, 5.74) is 0.786. The first-order chi connectivity index (χ1) is 12.6. The highest BCUT2D eigenvalue weighted by molar-refractivity contribution is 6.07. The summed E-state index contributed by atoms with van der Waals surface area (Å²) < 4.78 is 9.19. The van der Waals surface area contributed by atoms with Crippen LogP contribution in [0.2, 0.25) is 0 Å². The Morgan fingerprint density at radius 1 is 1.00 bits per heavy atom. The molecule has 142 valence electrons. The summed E-state index contributed by atoms with van der Waals surface area (Å²) in [5.74, 6) is -0.246. The minimum Gasteiger partial charge on any atom is -0.469 e. The number of esters is 2. The molecule has 0 amide bonds. The van der Waals surface area contributed by atoms with Gasteiger partial charge in [0, 0.05) is 24.3 Å². The smallest absolute Gasteiger partial charge is 0.305 e. The van der Waals surface area contributed by atoms with Gasteiger partial charge in [-0.3, -0.25) is 14.4 Å². The molecule has 0 N–H and O–H groups in total. The van der Waals surface area contributed by atoms with E-state index in [9.17, 15) is 14.4 Å². The van der Waals surface area contributed by atoms with Crippen LogP contribution in [0.3, 0.4) is 0 Å². The second-order valence-electron chi connectivity index (χ2n) is 6.02. The molecule has 0 spiro atoms. The van der Waals surface area contributed by atoms with Gasteiger partial charge < -0.3 is 9.47 Å². The normalized spacial score (nSPS) is 18.3. The molecule has 0 aromatic carbocycles. The number of unbranched alkanes of at least 4 members (excludes halogenated alkanes) is 2. The molecule has 0 aliphatic heterocycles. The van der Waals surface area contributed by atoms with Crippen LogP contribution in [0, 0.1) is 5.92 Å². The van der Waals surface area contributed by atoms with Crippen LogP contribution in [-0.4, -0.2) is 31.9 Å². The first-order valence-electron chi connectivity index (χ1n) is 8.96. The monoisotopic (exact) mass is 360 g/mol. The highest BCUT2D eigenvalue weighted by Crippen LogP contribution is 2.25. The third kappa shape index (κ3) is 8.60. The first-order valence-corrected chi connectivity index (χ1v) is 8.96. The van der Waals surface area contributed by atoms with Crippen LogP contribution in [0.1, 0.15) is 44.9 Å². The minimum atomic E-state index is -0.203. The Labute approximate surface area is 155 Å². The van der Waals surface area contributed by atoms with Crippen LogP contribution in [0.15, 0.2) is 48.1 Å². The van der Waals surface area contributed by atoms with E-state index in [2.05, 4.69) is 15.5 Å². The lowest BCUT2D eigenvalue weighted by atomic mass is 9.97. The molecule has 0 aromatic heterocycles. The van der Waals surface area contributed by atoms with E-state index in [-0.39, 0.29) is 23.6 Å². The van der Waals surface area contributed by atoms with E-state index in [0.717, 1.165) is 37.7 Å². The average Bonchev–Trinajstić information content (AvgIpc) is 3.00. The van der Waals surface area contributed by atoms with Gasteiger partial charge in [0.05, 0.1) is 14.2 Å². The predicted octanol–water partition coefficient (Wildman–Crippen LogP) is 3.86. The van der Waals surface area contributed by atoms with E-state index < -0.39 is 0 Å². The Hall–Kier alpha value is -2.43. The van der Waals surface area contributed by atoms with Crippen LogP contribution in [0.4, 0.5) is 0 Å². The zero-order chi connectivity index (χ0) is 19.2. The standard InChI is InChI=1S/C21H28O5/c1-25-20(23)13-9-5-3-7-11-17-15-16-19(22)18(17)12-8-4-6-10-14-21(24)26-2/h3-4,7-8,12,15-17H,5-6,9-11,13-14H2,1-2H3/b7-3-,8-4+,18-12+/t17-/m0/s1. The largest absolute Gasteiger partial charge is 0.469 e. The number of carbonyl (C=O) groups excluding carboxylic acids is 3. The third-order valence-corrected chi connectivity index (χ3v) is 4.09. The van der Waals surface area contributed by atoms with Gasteiger partial charge in [-0.2, -0.15) is 0 Å². The topological polar surface area (TPSA) is 69.7 Å². The zero-order valence-electron chi connectivity index (χ0n) is 15.6. The van der Waals surface area contributed by atoms with Gasteiger partial charge in [-0.15, -0.1) is 0 Å². The maximum Gasteiger partial charge on any atom is 0.305 e. The molecule has 0 aromatic rings. The van der Waals surface area contributed by atoms with E-state index in [1.54, 1.807) is 6.08 Å². The van der Waals surface area contributed by atoms with Gasteiger partial charge in [-0.25, -0.2) is 0 Å². The number of ether oxygens (including phenoxy) is 2. The molecule has 0 bridgehead atoms. The molecule has 26 heavy (non-hydrogen) atoms. The number of ketones is 1. The molecule has 0 radical (unpaired) electrons. The van der Waals surface area contributed by atoms with Crippen molar-refractivity contribution in [2.45, 2.75) is 44.9 Å². The first kappa shape index (κ1) is 21.6. The summed E-state index contributed by atoms with van der Waals surface area (Å²) in [6.45, 7) is 0. The number of carbonyl (C=O) groups is 3. The Balaban J connectivity index is 2.36. The number of allylic oxidation sites excluding steroid dienone is 8. The van der Waals surface area contributed by atoms with Crippen LogP contribution in [-0.2, 0) is 23.9 Å². The highest BCUT2D eigenvalue weighted by atomic mass is 16.5. The Kier molecular flexibility index (Phi) is 10.7. The van der Waals surface area contributed by atoms with Crippen molar-refractivity contribution >= 4 is 17.7 Å². The van der Waals surface area contributed by atoms with Gasteiger partial charge in [-0.1, -0.05) is 36.5 Å². The molecule has 0 saturated carbocycles. The highest BCUT2D eigenvalue weighted by Gasteiger charge is 2.20. The van der Waals surface area contributed by atoms with Crippen LogP contribution in [0.5, 0.6) is 0 Å². The fourth-order valence-electron chi connectivity index (χ4n) is 2.56. The average molecular weight is 360 g/mol. The number of methoxy groups -OCH3 is 2. The van der Waals surface area contributed by atoms with Gasteiger partial charge in [-0.05, 0) is 38.2 Å². The van der Waals surface area contributed by atoms with Crippen molar-refractivity contribution in [3.63, 3.8) is 0 Å². The lowest BCUT2D eigenvalue weighted by Gasteiger charge is -2.06. The summed E-state index contributed by atoms with van der Waals surface area (Å²) in [7, 11) is 2.78. The molecule has 1 aliphatic carbocycles. The second kappa shape index (κ2) is 12.9. The van der Waals surface area contributed by atoms with Crippen molar-refractivity contribution in [3.8, 4) is 0 Å². The van der Waals surface area contributed by atoms with Crippen LogP contribution < -0.4 is 0 Å². The SMILES string of the molecule is COC(=O)CCC/C=C\C[C@H]1C=CC(=O)/C1=C/C=C/CCCC(=O)OC. The van der Waals surface area contributed by atoms with Gasteiger partial charge in [0.1, 0.15) is 0 Å². The molecule has 1 aliphatic rings. The molecule has 0 fully saturated rings.